The summed E-state index contributed by atoms with van der Waals surface area (Å²) in [5.74, 6) is -0.292. The van der Waals surface area contributed by atoms with Crippen LogP contribution in [0, 0.1) is 5.82 Å². The average Bonchev–Trinajstić information content (AvgIpc) is 2.73. The molecule has 1 heterocycles. The summed E-state index contributed by atoms with van der Waals surface area (Å²) in [5, 5.41) is 0. The predicted octanol–water partition coefficient (Wildman–Crippen LogP) is 1.11. The van der Waals surface area contributed by atoms with Crippen LogP contribution in [0.2, 0.25) is 0 Å². The van der Waals surface area contributed by atoms with Gasteiger partial charge in [0.05, 0.1) is 20.2 Å². The van der Waals surface area contributed by atoms with E-state index in [4.69, 9.17) is 15.2 Å². The van der Waals surface area contributed by atoms with Gasteiger partial charge in [-0.25, -0.2) is 9.18 Å². The molecule has 0 bridgehead atoms. The molecular weight excluding hydrogens is 239 g/mol. The van der Waals surface area contributed by atoms with E-state index >= 15 is 0 Å². The summed E-state index contributed by atoms with van der Waals surface area (Å²) in [6, 6.07) is 4.82. The van der Waals surface area contributed by atoms with Crippen molar-refractivity contribution in [1.29, 1.82) is 0 Å². The van der Waals surface area contributed by atoms with Crippen LogP contribution in [-0.2, 0) is 11.3 Å². The van der Waals surface area contributed by atoms with Crippen molar-refractivity contribution in [3.8, 4) is 5.75 Å². The van der Waals surface area contributed by atoms with Gasteiger partial charge in [-0.15, -0.1) is 0 Å². The maximum atomic E-state index is 13.9. The van der Waals surface area contributed by atoms with Gasteiger partial charge in [0, 0.05) is 12.1 Å². The number of halogens is 1. The van der Waals surface area contributed by atoms with Gasteiger partial charge in [-0.3, -0.25) is 4.90 Å². The van der Waals surface area contributed by atoms with Crippen LogP contribution in [0.25, 0.3) is 0 Å². The number of cyclic esters (lactones) is 1. The van der Waals surface area contributed by atoms with Crippen molar-refractivity contribution in [2.75, 3.05) is 20.2 Å². The van der Waals surface area contributed by atoms with Crippen molar-refractivity contribution in [1.82, 2.24) is 4.90 Å². The van der Waals surface area contributed by atoms with Crippen LogP contribution in [0.15, 0.2) is 18.2 Å². The summed E-state index contributed by atoms with van der Waals surface area (Å²) in [6.07, 6.45) is -0.779. The van der Waals surface area contributed by atoms with Gasteiger partial charge in [0.25, 0.3) is 0 Å². The normalized spacial score (nSPS) is 18.9. The number of hydrogen-bond donors (Lipinski definition) is 1. The summed E-state index contributed by atoms with van der Waals surface area (Å²) in [6.45, 7) is 0.799. The molecule has 1 aliphatic rings. The van der Waals surface area contributed by atoms with Crippen LogP contribution < -0.4 is 10.5 Å². The van der Waals surface area contributed by atoms with Crippen LogP contribution in [0.1, 0.15) is 5.56 Å². The zero-order valence-electron chi connectivity index (χ0n) is 10.1. The van der Waals surface area contributed by atoms with Crippen molar-refractivity contribution in [3.63, 3.8) is 0 Å². The van der Waals surface area contributed by atoms with Crippen molar-refractivity contribution < 1.29 is 18.7 Å². The lowest BCUT2D eigenvalue weighted by Crippen LogP contribution is -2.27. The van der Waals surface area contributed by atoms with Crippen molar-refractivity contribution in [2.24, 2.45) is 5.73 Å². The van der Waals surface area contributed by atoms with E-state index in [9.17, 15) is 9.18 Å². The number of benzene rings is 1. The van der Waals surface area contributed by atoms with Crippen LogP contribution in [0.4, 0.5) is 9.18 Å². The van der Waals surface area contributed by atoms with Gasteiger partial charge in [0.15, 0.2) is 11.6 Å². The molecule has 0 spiro atoms. The molecule has 1 unspecified atom stereocenters. The fourth-order valence-electron chi connectivity index (χ4n) is 1.87. The Balaban J connectivity index is 2.12. The van der Waals surface area contributed by atoms with Crippen LogP contribution in [-0.4, -0.2) is 37.3 Å². The molecule has 0 radical (unpaired) electrons. The standard InChI is InChI=1S/C12H15FN2O3/c1-17-10-4-2-3-8(11(10)13)6-15-7-9(5-14)18-12(15)16/h2-4,9H,5-7,14H2,1H3. The first-order valence-electron chi connectivity index (χ1n) is 5.62. The van der Waals surface area contributed by atoms with Crippen LogP contribution in [0.3, 0.4) is 0 Å². The van der Waals surface area contributed by atoms with Gasteiger partial charge in [-0.1, -0.05) is 12.1 Å². The van der Waals surface area contributed by atoms with E-state index in [1.165, 1.54) is 18.1 Å². The summed E-state index contributed by atoms with van der Waals surface area (Å²) in [4.78, 5) is 12.9. The second kappa shape index (κ2) is 5.22. The average molecular weight is 254 g/mol. The molecule has 1 fully saturated rings. The van der Waals surface area contributed by atoms with E-state index in [-0.39, 0.29) is 24.9 Å². The molecule has 18 heavy (non-hydrogen) atoms. The summed E-state index contributed by atoms with van der Waals surface area (Å²) >= 11 is 0. The zero-order valence-corrected chi connectivity index (χ0v) is 10.1. The van der Waals surface area contributed by atoms with Crippen molar-refractivity contribution in [3.05, 3.63) is 29.6 Å². The molecule has 0 aromatic heterocycles. The first kappa shape index (κ1) is 12.6. The fourth-order valence-corrected chi connectivity index (χ4v) is 1.87. The van der Waals surface area contributed by atoms with E-state index in [1.54, 1.807) is 12.1 Å². The molecule has 0 saturated carbocycles. The van der Waals surface area contributed by atoms with E-state index in [1.807, 2.05) is 0 Å². The monoisotopic (exact) mass is 254 g/mol. The Hall–Kier alpha value is -1.82. The van der Waals surface area contributed by atoms with Crippen LogP contribution in [0.5, 0.6) is 5.75 Å². The van der Waals surface area contributed by atoms with E-state index in [2.05, 4.69) is 0 Å². The molecule has 1 atom stereocenters. The first-order chi connectivity index (χ1) is 8.65. The highest BCUT2D eigenvalue weighted by atomic mass is 19.1. The number of ether oxygens (including phenoxy) is 2. The van der Waals surface area contributed by atoms with Gasteiger partial charge in [-0.2, -0.15) is 0 Å². The Morgan fingerprint density at radius 3 is 3.00 bits per heavy atom. The molecule has 1 amide bonds. The first-order valence-corrected chi connectivity index (χ1v) is 5.62. The number of nitrogens with two attached hydrogens (primary N) is 1. The minimum Gasteiger partial charge on any atom is -0.494 e. The molecule has 1 saturated heterocycles. The molecule has 1 aliphatic heterocycles. The maximum absolute atomic E-state index is 13.9. The Morgan fingerprint density at radius 2 is 2.39 bits per heavy atom. The summed E-state index contributed by atoms with van der Waals surface area (Å²) in [7, 11) is 1.40. The smallest absolute Gasteiger partial charge is 0.410 e. The highest BCUT2D eigenvalue weighted by Gasteiger charge is 2.30. The third-order valence-corrected chi connectivity index (χ3v) is 2.84. The molecule has 1 aromatic carbocycles. The van der Waals surface area contributed by atoms with Crippen LogP contribution >= 0.6 is 0 Å². The SMILES string of the molecule is COc1cccc(CN2CC(CN)OC2=O)c1F. The number of rotatable bonds is 4. The third kappa shape index (κ3) is 2.38. The minimum atomic E-state index is -0.465. The highest BCUT2D eigenvalue weighted by Crippen LogP contribution is 2.23. The molecule has 2 rings (SSSR count). The van der Waals surface area contributed by atoms with Gasteiger partial charge in [-0.05, 0) is 6.07 Å². The number of carbonyl (C=O) groups is 1. The molecule has 5 nitrogen and oxygen atoms in total. The van der Waals surface area contributed by atoms with E-state index < -0.39 is 11.9 Å². The topological polar surface area (TPSA) is 64.8 Å². The van der Waals surface area contributed by atoms with Gasteiger partial charge >= 0.3 is 6.09 Å². The lowest BCUT2D eigenvalue weighted by molar-refractivity contribution is 0.134. The van der Waals surface area contributed by atoms with Gasteiger partial charge in [0.2, 0.25) is 0 Å². The highest BCUT2D eigenvalue weighted by molar-refractivity contribution is 5.70. The maximum Gasteiger partial charge on any atom is 0.410 e. The quantitative estimate of drug-likeness (QED) is 0.874. The van der Waals surface area contributed by atoms with E-state index in [0.29, 0.717) is 12.1 Å². The molecule has 1 aromatic rings. The molecular formula is C12H15FN2O3. The Labute approximate surface area is 104 Å². The third-order valence-electron chi connectivity index (χ3n) is 2.84. The minimum absolute atomic E-state index is 0.151. The second-order valence-electron chi connectivity index (χ2n) is 4.06. The lowest BCUT2D eigenvalue weighted by Gasteiger charge is -2.14. The Bertz CT molecular complexity index is 453. The fraction of sp³-hybridized carbons (Fsp3) is 0.417. The second-order valence-corrected chi connectivity index (χ2v) is 4.06. The molecule has 98 valence electrons. The zero-order chi connectivity index (χ0) is 13.1. The summed E-state index contributed by atoms with van der Waals surface area (Å²) in [5.41, 5.74) is 5.82. The molecule has 2 N–H and O–H groups in total. The van der Waals surface area contributed by atoms with Gasteiger partial charge < -0.3 is 15.2 Å². The summed E-state index contributed by atoms with van der Waals surface area (Å²) < 4.78 is 23.8. The number of hydrogen-bond acceptors (Lipinski definition) is 4. The van der Waals surface area contributed by atoms with E-state index in [0.717, 1.165) is 0 Å². The predicted molar refractivity (Wildman–Crippen MR) is 62.7 cm³/mol. The largest absolute Gasteiger partial charge is 0.494 e. The Kier molecular flexibility index (Phi) is 3.66. The molecule has 6 heteroatoms. The number of amides is 1. The number of carbonyl (C=O) groups excluding carboxylic acids is 1. The lowest BCUT2D eigenvalue weighted by atomic mass is 10.2. The molecule has 0 aliphatic carbocycles. The van der Waals surface area contributed by atoms with Crippen molar-refractivity contribution >= 4 is 6.09 Å². The number of methoxy groups -OCH3 is 1. The van der Waals surface area contributed by atoms with Crippen molar-refractivity contribution in [2.45, 2.75) is 12.6 Å². The Morgan fingerprint density at radius 1 is 1.61 bits per heavy atom. The van der Waals surface area contributed by atoms with Gasteiger partial charge in [0.1, 0.15) is 6.10 Å². The number of nitrogens with zero attached hydrogens (tertiary/aromatic N) is 1.